The number of rotatable bonds is 7. The number of aromatic nitrogens is 2. The van der Waals surface area contributed by atoms with Crippen molar-refractivity contribution < 1.29 is 28.5 Å². The van der Waals surface area contributed by atoms with Crippen LogP contribution in [0.3, 0.4) is 0 Å². The number of ether oxygens (including phenoxy) is 4. The molecule has 1 fully saturated rings. The Bertz CT molecular complexity index is 1070. The molecule has 3 amide bonds. The van der Waals surface area contributed by atoms with Crippen LogP contribution in [0.1, 0.15) is 12.5 Å². The van der Waals surface area contributed by atoms with Gasteiger partial charge in [-0.15, -0.1) is 0 Å². The van der Waals surface area contributed by atoms with Gasteiger partial charge in [-0.3, -0.25) is 14.6 Å². The minimum absolute atomic E-state index is 0.133. The molecule has 2 aliphatic rings. The highest BCUT2D eigenvalue weighted by atomic mass is 16.5. The van der Waals surface area contributed by atoms with Crippen molar-refractivity contribution in [3.63, 3.8) is 0 Å². The molecule has 1 aromatic carbocycles. The zero-order chi connectivity index (χ0) is 24.4. The molecule has 2 unspecified atom stereocenters. The predicted octanol–water partition coefficient (Wildman–Crippen LogP) is 1.39. The van der Waals surface area contributed by atoms with E-state index in [1.807, 2.05) is 0 Å². The van der Waals surface area contributed by atoms with Crippen LogP contribution in [0.25, 0.3) is 0 Å². The van der Waals surface area contributed by atoms with E-state index in [0.29, 0.717) is 47.9 Å². The van der Waals surface area contributed by atoms with Gasteiger partial charge in [0.2, 0.25) is 17.6 Å². The van der Waals surface area contributed by atoms with Crippen molar-refractivity contribution >= 4 is 29.4 Å². The molecule has 3 heterocycles. The molecule has 182 valence electrons. The van der Waals surface area contributed by atoms with E-state index in [0.717, 1.165) is 5.56 Å². The number of hydrogen-bond donors (Lipinski definition) is 2. The normalized spacial score (nSPS) is 19.5. The molecule has 2 atom stereocenters. The average Bonchev–Trinajstić information content (AvgIpc) is 3.26. The summed E-state index contributed by atoms with van der Waals surface area (Å²) < 4.78 is 21.7. The number of anilines is 3. The second-order valence-corrected chi connectivity index (χ2v) is 7.95. The molecule has 2 aliphatic heterocycles. The maximum absolute atomic E-state index is 13.3. The van der Waals surface area contributed by atoms with Crippen LogP contribution in [0.4, 0.5) is 22.2 Å². The lowest BCUT2D eigenvalue weighted by atomic mass is 10.1. The Morgan fingerprint density at radius 3 is 2.41 bits per heavy atom. The summed E-state index contributed by atoms with van der Waals surface area (Å²) in [6.45, 7) is 2.54. The van der Waals surface area contributed by atoms with Gasteiger partial charge in [0.1, 0.15) is 5.82 Å². The lowest BCUT2D eigenvalue weighted by Gasteiger charge is -2.34. The molecule has 1 saturated heterocycles. The standard InChI is InChI=1S/C22H28N6O6/c1-12(29)24-15-10-34-11-16(15)25-21-23-8-13-9-28(22(30)27(2)20(13)26-21)14-6-17(31-3)19(33-5)18(7-14)32-4/h6-8,15-16H,9-11H2,1-5H3,(H,24,29)(H,23,25,26). The number of carbonyl (C=O) groups is 2. The first-order valence-electron chi connectivity index (χ1n) is 10.7. The number of methoxy groups -OCH3 is 3. The Morgan fingerprint density at radius 1 is 1.12 bits per heavy atom. The van der Waals surface area contributed by atoms with Gasteiger partial charge in [-0.1, -0.05) is 0 Å². The summed E-state index contributed by atoms with van der Waals surface area (Å²) >= 11 is 0. The zero-order valence-corrected chi connectivity index (χ0v) is 19.7. The predicted molar refractivity (Wildman–Crippen MR) is 124 cm³/mol. The van der Waals surface area contributed by atoms with Crippen LogP contribution in [0.2, 0.25) is 0 Å². The van der Waals surface area contributed by atoms with Crippen LogP contribution in [-0.2, 0) is 16.1 Å². The van der Waals surface area contributed by atoms with Crippen LogP contribution in [0.15, 0.2) is 18.3 Å². The van der Waals surface area contributed by atoms with Gasteiger partial charge in [-0.05, 0) is 0 Å². The molecule has 0 spiro atoms. The Labute approximate surface area is 197 Å². The first kappa shape index (κ1) is 23.4. The highest BCUT2D eigenvalue weighted by Gasteiger charge is 2.33. The lowest BCUT2D eigenvalue weighted by molar-refractivity contribution is -0.119. The smallest absolute Gasteiger partial charge is 0.330 e. The van der Waals surface area contributed by atoms with Crippen LogP contribution in [-0.4, -0.2) is 75.6 Å². The van der Waals surface area contributed by atoms with E-state index < -0.39 is 0 Å². The van der Waals surface area contributed by atoms with Gasteiger partial charge in [0.05, 0.1) is 58.9 Å². The number of fused-ring (bicyclic) bond motifs is 1. The van der Waals surface area contributed by atoms with Gasteiger partial charge < -0.3 is 29.6 Å². The molecular formula is C22H28N6O6. The maximum Gasteiger partial charge on any atom is 0.330 e. The molecule has 0 aliphatic carbocycles. The van der Waals surface area contributed by atoms with Crippen molar-refractivity contribution in [2.45, 2.75) is 25.6 Å². The van der Waals surface area contributed by atoms with E-state index in [9.17, 15) is 9.59 Å². The molecule has 12 nitrogen and oxygen atoms in total. The van der Waals surface area contributed by atoms with Crippen molar-refractivity contribution in [1.29, 1.82) is 0 Å². The fourth-order valence-corrected chi connectivity index (χ4v) is 4.07. The fourth-order valence-electron chi connectivity index (χ4n) is 4.07. The Hall–Kier alpha value is -3.80. The van der Waals surface area contributed by atoms with Gasteiger partial charge in [-0.2, -0.15) is 4.98 Å². The monoisotopic (exact) mass is 472 g/mol. The molecule has 0 radical (unpaired) electrons. The van der Waals surface area contributed by atoms with E-state index in [1.165, 1.54) is 33.2 Å². The molecule has 0 bridgehead atoms. The zero-order valence-electron chi connectivity index (χ0n) is 19.7. The Balaban J connectivity index is 1.59. The Kier molecular flexibility index (Phi) is 6.59. The lowest BCUT2D eigenvalue weighted by Crippen LogP contribution is -2.47. The van der Waals surface area contributed by atoms with E-state index >= 15 is 0 Å². The molecule has 12 heteroatoms. The van der Waals surface area contributed by atoms with Gasteiger partial charge in [0.25, 0.3) is 0 Å². The van der Waals surface area contributed by atoms with Gasteiger partial charge in [0.15, 0.2) is 11.5 Å². The first-order valence-corrected chi connectivity index (χ1v) is 10.7. The summed E-state index contributed by atoms with van der Waals surface area (Å²) in [6.07, 6.45) is 1.68. The van der Waals surface area contributed by atoms with E-state index in [1.54, 1.807) is 30.3 Å². The summed E-state index contributed by atoms with van der Waals surface area (Å²) in [4.78, 5) is 36.7. The third kappa shape index (κ3) is 4.36. The average molecular weight is 473 g/mol. The third-order valence-electron chi connectivity index (χ3n) is 5.75. The van der Waals surface area contributed by atoms with Crippen LogP contribution in [0, 0.1) is 0 Å². The summed E-state index contributed by atoms with van der Waals surface area (Å²) in [7, 11) is 6.22. The number of carbonyl (C=O) groups excluding carboxylic acids is 2. The SMILES string of the molecule is COc1cc(N2Cc3cnc(NC4COCC4NC(C)=O)nc3N(C)C2=O)cc(OC)c1OC. The molecule has 1 aromatic heterocycles. The van der Waals surface area contributed by atoms with Crippen LogP contribution < -0.4 is 34.6 Å². The quantitative estimate of drug-likeness (QED) is 0.614. The van der Waals surface area contributed by atoms with Crippen molar-refractivity contribution in [3.8, 4) is 17.2 Å². The van der Waals surface area contributed by atoms with Crippen molar-refractivity contribution in [2.75, 3.05) is 56.7 Å². The summed E-state index contributed by atoms with van der Waals surface area (Å²) in [5, 5.41) is 6.07. The summed E-state index contributed by atoms with van der Waals surface area (Å²) in [5.41, 5.74) is 1.35. The second-order valence-electron chi connectivity index (χ2n) is 7.95. The summed E-state index contributed by atoms with van der Waals surface area (Å²) in [6, 6.07) is 2.80. The number of benzene rings is 1. The minimum Gasteiger partial charge on any atom is -0.493 e. The minimum atomic E-state index is -0.272. The number of nitrogens with one attached hydrogen (secondary N) is 2. The maximum atomic E-state index is 13.3. The topological polar surface area (TPSA) is 127 Å². The van der Waals surface area contributed by atoms with Gasteiger partial charge in [0, 0.05) is 37.9 Å². The first-order chi connectivity index (χ1) is 16.4. The van der Waals surface area contributed by atoms with Crippen molar-refractivity contribution in [2.24, 2.45) is 0 Å². The fraction of sp³-hybridized carbons (Fsp3) is 0.455. The molecule has 34 heavy (non-hydrogen) atoms. The number of urea groups is 1. The number of nitrogens with zero attached hydrogens (tertiary/aromatic N) is 4. The van der Waals surface area contributed by atoms with E-state index in [4.69, 9.17) is 18.9 Å². The highest BCUT2D eigenvalue weighted by Crippen LogP contribution is 2.42. The Morgan fingerprint density at radius 2 is 1.79 bits per heavy atom. The molecular weight excluding hydrogens is 444 g/mol. The largest absolute Gasteiger partial charge is 0.493 e. The van der Waals surface area contributed by atoms with E-state index in [2.05, 4.69) is 20.6 Å². The van der Waals surface area contributed by atoms with Gasteiger partial charge >= 0.3 is 6.03 Å². The van der Waals surface area contributed by atoms with Gasteiger partial charge in [-0.25, -0.2) is 9.78 Å². The highest BCUT2D eigenvalue weighted by molar-refractivity contribution is 6.05. The second kappa shape index (κ2) is 9.59. The molecule has 4 rings (SSSR count). The van der Waals surface area contributed by atoms with E-state index in [-0.39, 0.29) is 30.6 Å². The van der Waals surface area contributed by atoms with Crippen molar-refractivity contribution in [3.05, 3.63) is 23.9 Å². The number of amides is 3. The summed E-state index contributed by atoms with van der Waals surface area (Å²) in [5.74, 6) is 2.06. The molecule has 2 N–H and O–H groups in total. The molecule has 0 saturated carbocycles. The molecule has 2 aromatic rings. The van der Waals surface area contributed by atoms with Crippen molar-refractivity contribution in [1.82, 2.24) is 15.3 Å². The third-order valence-corrected chi connectivity index (χ3v) is 5.75. The van der Waals surface area contributed by atoms with Crippen LogP contribution >= 0.6 is 0 Å². The van der Waals surface area contributed by atoms with Crippen LogP contribution in [0.5, 0.6) is 17.2 Å². The number of hydrogen-bond acceptors (Lipinski definition) is 9.